The third kappa shape index (κ3) is 2.82. The third-order valence-electron chi connectivity index (χ3n) is 3.66. The Morgan fingerprint density at radius 2 is 2.23 bits per heavy atom. The van der Waals surface area contributed by atoms with E-state index in [1.807, 2.05) is 29.2 Å². The number of nitrogens with one attached hydrogen (secondary N) is 1. The predicted molar refractivity (Wildman–Crippen MR) is 80.5 cm³/mol. The maximum absolute atomic E-state index is 12.1. The first-order chi connectivity index (χ1) is 10.7. The largest absolute Gasteiger partial charge is 0.460 e. The van der Waals surface area contributed by atoms with Crippen molar-refractivity contribution in [3.8, 4) is 0 Å². The number of hydrogen-bond donors (Lipinski definition) is 1. The zero-order valence-electron chi connectivity index (χ0n) is 12.4. The highest BCUT2D eigenvalue weighted by atomic mass is 16.5. The van der Waals surface area contributed by atoms with Gasteiger partial charge < -0.3 is 14.5 Å². The number of amides is 1. The number of fused-ring (bicyclic) bond motifs is 1. The van der Waals surface area contributed by atoms with E-state index in [0.717, 1.165) is 17.5 Å². The zero-order valence-corrected chi connectivity index (χ0v) is 12.4. The van der Waals surface area contributed by atoms with Crippen LogP contribution in [0.5, 0.6) is 0 Å². The molecule has 0 saturated carbocycles. The van der Waals surface area contributed by atoms with Crippen molar-refractivity contribution >= 4 is 22.8 Å². The minimum atomic E-state index is -0.463. The molecule has 2 heterocycles. The SMILES string of the molecule is CCOC(=O)c1oc2ccccc2c1CN1CCNC(=O)C1. The lowest BCUT2D eigenvalue weighted by Crippen LogP contribution is -2.47. The molecule has 3 rings (SSSR count). The summed E-state index contributed by atoms with van der Waals surface area (Å²) in [6.07, 6.45) is 0. The molecule has 0 atom stereocenters. The topological polar surface area (TPSA) is 71.8 Å². The number of carbonyl (C=O) groups is 2. The number of carbonyl (C=O) groups excluding carboxylic acids is 2. The Hall–Kier alpha value is -2.34. The van der Waals surface area contributed by atoms with Crippen LogP contribution in [-0.2, 0) is 16.1 Å². The molecule has 22 heavy (non-hydrogen) atoms. The minimum absolute atomic E-state index is 0.00302. The number of esters is 1. The minimum Gasteiger partial charge on any atom is -0.460 e. The Bertz CT molecular complexity index is 707. The van der Waals surface area contributed by atoms with Crippen molar-refractivity contribution in [1.29, 1.82) is 0 Å². The van der Waals surface area contributed by atoms with Gasteiger partial charge in [0, 0.05) is 30.6 Å². The average Bonchev–Trinajstić information content (AvgIpc) is 2.87. The van der Waals surface area contributed by atoms with Crippen LogP contribution in [0.3, 0.4) is 0 Å². The summed E-state index contributed by atoms with van der Waals surface area (Å²) in [7, 11) is 0. The molecule has 1 fully saturated rings. The normalized spacial score (nSPS) is 15.8. The third-order valence-corrected chi connectivity index (χ3v) is 3.66. The second kappa shape index (κ2) is 6.19. The van der Waals surface area contributed by atoms with Crippen LogP contribution in [-0.4, -0.2) is 43.0 Å². The number of para-hydroxylation sites is 1. The van der Waals surface area contributed by atoms with Gasteiger partial charge in [-0.25, -0.2) is 4.79 Å². The Balaban J connectivity index is 1.96. The second-order valence-electron chi connectivity index (χ2n) is 5.19. The Morgan fingerprint density at radius 1 is 1.41 bits per heavy atom. The van der Waals surface area contributed by atoms with Crippen LogP contribution in [0.2, 0.25) is 0 Å². The molecule has 1 aromatic carbocycles. The molecule has 6 heteroatoms. The smallest absolute Gasteiger partial charge is 0.374 e. The fourth-order valence-electron chi connectivity index (χ4n) is 2.67. The highest BCUT2D eigenvalue weighted by molar-refractivity contribution is 5.96. The number of benzene rings is 1. The number of nitrogens with zero attached hydrogens (tertiary/aromatic N) is 1. The molecule has 6 nitrogen and oxygen atoms in total. The van der Waals surface area contributed by atoms with Crippen molar-refractivity contribution < 1.29 is 18.7 Å². The van der Waals surface area contributed by atoms with Gasteiger partial charge in [0.1, 0.15) is 5.58 Å². The Kier molecular flexibility index (Phi) is 4.11. The first kappa shape index (κ1) is 14.6. The van der Waals surface area contributed by atoms with Crippen LogP contribution in [0.25, 0.3) is 11.0 Å². The van der Waals surface area contributed by atoms with Gasteiger partial charge in [-0.15, -0.1) is 0 Å². The lowest BCUT2D eigenvalue weighted by Gasteiger charge is -2.26. The first-order valence-electron chi connectivity index (χ1n) is 7.35. The van der Waals surface area contributed by atoms with Crippen LogP contribution in [0.15, 0.2) is 28.7 Å². The molecule has 1 saturated heterocycles. The van der Waals surface area contributed by atoms with Gasteiger partial charge in [0.15, 0.2) is 0 Å². The van der Waals surface area contributed by atoms with Crippen LogP contribution in [0.1, 0.15) is 23.0 Å². The van der Waals surface area contributed by atoms with Gasteiger partial charge in [0.2, 0.25) is 11.7 Å². The fraction of sp³-hybridized carbons (Fsp3) is 0.375. The van der Waals surface area contributed by atoms with Gasteiger partial charge in [-0.2, -0.15) is 0 Å². The first-order valence-corrected chi connectivity index (χ1v) is 7.35. The standard InChI is InChI=1S/C16H18N2O4/c1-2-21-16(20)15-12(9-18-8-7-17-14(19)10-18)11-5-3-4-6-13(11)22-15/h3-6H,2,7-10H2,1H3,(H,17,19). The van der Waals surface area contributed by atoms with Crippen LogP contribution >= 0.6 is 0 Å². The highest BCUT2D eigenvalue weighted by Gasteiger charge is 2.25. The summed E-state index contributed by atoms with van der Waals surface area (Å²) in [6.45, 7) is 4.22. The predicted octanol–water partition coefficient (Wildman–Crippen LogP) is 1.54. The Morgan fingerprint density at radius 3 is 3.00 bits per heavy atom. The number of furan rings is 1. The zero-order chi connectivity index (χ0) is 15.5. The monoisotopic (exact) mass is 302 g/mol. The van der Waals surface area contributed by atoms with E-state index in [2.05, 4.69) is 5.32 Å². The highest BCUT2D eigenvalue weighted by Crippen LogP contribution is 2.28. The van der Waals surface area contributed by atoms with Crippen molar-refractivity contribution in [2.75, 3.05) is 26.2 Å². The van der Waals surface area contributed by atoms with Crippen LogP contribution in [0.4, 0.5) is 0 Å². The van der Waals surface area contributed by atoms with E-state index in [-0.39, 0.29) is 11.7 Å². The maximum Gasteiger partial charge on any atom is 0.374 e. The van der Waals surface area contributed by atoms with Gasteiger partial charge in [0.05, 0.1) is 13.2 Å². The molecule has 116 valence electrons. The molecule has 0 unspecified atom stereocenters. The molecule has 1 aromatic heterocycles. The number of hydrogen-bond acceptors (Lipinski definition) is 5. The summed E-state index contributed by atoms with van der Waals surface area (Å²) in [5, 5.41) is 3.68. The lowest BCUT2D eigenvalue weighted by molar-refractivity contribution is -0.124. The lowest BCUT2D eigenvalue weighted by atomic mass is 10.1. The van der Waals surface area contributed by atoms with E-state index in [4.69, 9.17) is 9.15 Å². The average molecular weight is 302 g/mol. The summed E-state index contributed by atoms with van der Waals surface area (Å²) >= 11 is 0. The van der Waals surface area contributed by atoms with Gasteiger partial charge >= 0.3 is 5.97 Å². The van der Waals surface area contributed by atoms with E-state index in [1.54, 1.807) is 6.92 Å². The molecule has 1 aliphatic heterocycles. The van der Waals surface area contributed by atoms with Crippen LogP contribution in [0, 0.1) is 0 Å². The molecule has 1 amide bonds. The molecular formula is C16H18N2O4. The fourth-order valence-corrected chi connectivity index (χ4v) is 2.67. The quantitative estimate of drug-likeness (QED) is 0.867. The van der Waals surface area contributed by atoms with Crippen molar-refractivity contribution in [3.63, 3.8) is 0 Å². The van der Waals surface area contributed by atoms with E-state index >= 15 is 0 Å². The summed E-state index contributed by atoms with van der Waals surface area (Å²) in [6, 6.07) is 7.50. The summed E-state index contributed by atoms with van der Waals surface area (Å²) < 4.78 is 10.8. The molecule has 0 spiro atoms. The number of piperazine rings is 1. The molecule has 0 aliphatic carbocycles. The van der Waals surface area contributed by atoms with Gasteiger partial charge in [-0.1, -0.05) is 18.2 Å². The van der Waals surface area contributed by atoms with Gasteiger partial charge in [-0.3, -0.25) is 9.69 Å². The van der Waals surface area contributed by atoms with Crippen molar-refractivity contribution in [2.45, 2.75) is 13.5 Å². The van der Waals surface area contributed by atoms with E-state index in [9.17, 15) is 9.59 Å². The van der Waals surface area contributed by atoms with Crippen molar-refractivity contribution in [2.24, 2.45) is 0 Å². The summed E-state index contributed by atoms with van der Waals surface area (Å²) in [4.78, 5) is 25.6. The number of rotatable bonds is 4. The van der Waals surface area contributed by atoms with E-state index in [0.29, 0.717) is 31.8 Å². The van der Waals surface area contributed by atoms with Crippen molar-refractivity contribution in [1.82, 2.24) is 10.2 Å². The van der Waals surface area contributed by atoms with Crippen molar-refractivity contribution in [3.05, 3.63) is 35.6 Å². The second-order valence-corrected chi connectivity index (χ2v) is 5.19. The molecule has 0 bridgehead atoms. The molecular weight excluding hydrogens is 284 g/mol. The molecule has 0 radical (unpaired) electrons. The van der Waals surface area contributed by atoms with Gasteiger partial charge in [-0.05, 0) is 13.0 Å². The molecule has 1 aliphatic rings. The molecule has 1 N–H and O–H groups in total. The Labute approximate surface area is 128 Å². The summed E-state index contributed by atoms with van der Waals surface area (Å²) in [5.41, 5.74) is 1.44. The number of ether oxygens (including phenoxy) is 1. The molecule has 2 aromatic rings. The van der Waals surface area contributed by atoms with E-state index in [1.165, 1.54) is 0 Å². The van der Waals surface area contributed by atoms with E-state index < -0.39 is 5.97 Å². The van der Waals surface area contributed by atoms with Crippen LogP contribution < -0.4 is 5.32 Å². The summed E-state index contributed by atoms with van der Waals surface area (Å²) in [5.74, 6) is -0.235. The van der Waals surface area contributed by atoms with Gasteiger partial charge in [0.25, 0.3) is 0 Å². The maximum atomic E-state index is 12.1.